The topological polar surface area (TPSA) is 106 Å². The number of nitrogens with zero attached hydrogens (tertiary/aromatic N) is 5. The zero-order chi connectivity index (χ0) is 28.3. The molecule has 0 aliphatic heterocycles. The van der Waals surface area contributed by atoms with Crippen molar-refractivity contribution in [1.29, 1.82) is 5.26 Å². The summed E-state index contributed by atoms with van der Waals surface area (Å²) in [7, 11) is 0. The fourth-order valence-corrected chi connectivity index (χ4v) is 4.13. The highest BCUT2D eigenvalue weighted by atomic mass is 35.5. The molecule has 0 spiro atoms. The Morgan fingerprint density at radius 3 is 2.54 bits per heavy atom. The lowest BCUT2D eigenvalue weighted by Gasteiger charge is -2.19. The Kier molecular flexibility index (Phi) is 7.88. The van der Waals surface area contributed by atoms with Crippen LogP contribution in [0.5, 0.6) is 5.75 Å². The number of amides is 1. The molecule has 4 aromatic rings. The fraction of sp³-hybridized carbons (Fsp3) is 0.222. The van der Waals surface area contributed by atoms with Crippen LogP contribution in [-0.4, -0.2) is 25.7 Å². The third-order valence-corrected chi connectivity index (χ3v) is 6.06. The number of halogens is 4. The molecule has 0 saturated carbocycles. The third-order valence-electron chi connectivity index (χ3n) is 5.72. The Bertz CT molecular complexity index is 1550. The quantitative estimate of drug-likeness (QED) is 0.294. The molecule has 0 aliphatic rings. The van der Waals surface area contributed by atoms with Crippen molar-refractivity contribution in [2.24, 2.45) is 0 Å². The van der Waals surface area contributed by atoms with Gasteiger partial charge in [-0.3, -0.25) is 4.79 Å². The van der Waals surface area contributed by atoms with E-state index in [0.29, 0.717) is 33.6 Å². The molecule has 0 bridgehead atoms. The number of hydrogen-bond acceptors (Lipinski definition) is 6. The Morgan fingerprint density at radius 1 is 1.15 bits per heavy atom. The first-order valence-corrected chi connectivity index (χ1v) is 12.1. The van der Waals surface area contributed by atoms with E-state index in [2.05, 4.69) is 20.4 Å². The van der Waals surface area contributed by atoms with E-state index in [1.807, 2.05) is 6.07 Å². The Hall–Kier alpha value is -4.43. The number of alkyl halides is 3. The van der Waals surface area contributed by atoms with Crippen molar-refractivity contribution in [2.45, 2.75) is 39.1 Å². The van der Waals surface area contributed by atoms with Gasteiger partial charge in [0.2, 0.25) is 0 Å². The van der Waals surface area contributed by atoms with Gasteiger partial charge in [0.05, 0.1) is 17.2 Å². The molecule has 0 aliphatic carbocycles. The van der Waals surface area contributed by atoms with Gasteiger partial charge < -0.3 is 10.1 Å². The summed E-state index contributed by atoms with van der Waals surface area (Å²) < 4.78 is 48.3. The smallest absolute Gasteiger partial charge is 0.416 e. The SMILES string of the molecule is Cc1nc([C@H](C)NC(=O)c2cc(OC(C)c3ccccc3Cl)cc(C(F)(F)F)c2)n(-c2ccc(C#N)cn2)n1. The number of hydrogen-bond donors (Lipinski definition) is 1. The maximum absolute atomic E-state index is 13.7. The number of pyridine rings is 1. The van der Waals surface area contributed by atoms with Crippen molar-refractivity contribution >= 4 is 17.5 Å². The molecule has 2 heterocycles. The zero-order valence-electron chi connectivity index (χ0n) is 21.0. The van der Waals surface area contributed by atoms with Crippen molar-refractivity contribution in [3.05, 3.63) is 99.7 Å². The van der Waals surface area contributed by atoms with Crippen LogP contribution < -0.4 is 10.1 Å². The van der Waals surface area contributed by atoms with E-state index in [1.165, 1.54) is 16.9 Å². The normalized spacial score (nSPS) is 12.9. The lowest BCUT2D eigenvalue weighted by molar-refractivity contribution is -0.137. The molecule has 8 nitrogen and oxygen atoms in total. The summed E-state index contributed by atoms with van der Waals surface area (Å²) in [4.78, 5) is 21.7. The number of nitrogens with one attached hydrogen (secondary N) is 1. The van der Waals surface area contributed by atoms with Crippen LogP contribution in [0.1, 0.15) is 64.7 Å². The molecule has 200 valence electrons. The minimum atomic E-state index is -4.72. The summed E-state index contributed by atoms with van der Waals surface area (Å²) in [5, 5.41) is 16.4. The Labute approximate surface area is 227 Å². The van der Waals surface area contributed by atoms with E-state index >= 15 is 0 Å². The van der Waals surface area contributed by atoms with Crippen LogP contribution in [0.25, 0.3) is 5.82 Å². The zero-order valence-corrected chi connectivity index (χ0v) is 21.7. The molecule has 39 heavy (non-hydrogen) atoms. The number of rotatable bonds is 7. The van der Waals surface area contributed by atoms with Crippen molar-refractivity contribution in [1.82, 2.24) is 25.1 Å². The van der Waals surface area contributed by atoms with Gasteiger partial charge in [0, 0.05) is 22.3 Å². The molecule has 1 N–H and O–H groups in total. The summed E-state index contributed by atoms with van der Waals surface area (Å²) in [5.41, 5.74) is -0.352. The average Bonchev–Trinajstić information content (AvgIpc) is 3.30. The highest BCUT2D eigenvalue weighted by Crippen LogP contribution is 2.35. The van der Waals surface area contributed by atoms with Crippen LogP contribution in [0.2, 0.25) is 5.02 Å². The predicted molar refractivity (Wildman–Crippen MR) is 136 cm³/mol. The highest BCUT2D eigenvalue weighted by Gasteiger charge is 2.33. The lowest BCUT2D eigenvalue weighted by atomic mass is 10.1. The minimum Gasteiger partial charge on any atom is -0.486 e. The summed E-state index contributed by atoms with van der Waals surface area (Å²) in [6, 6.07) is 14.0. The lowest BCUT2D eigenvalue weighted by Crippen LogP contribution is -2.29. The van der Waals surface area contributed by atoms with Crippen LogP contribution in [0.15, 0.2) is 60.8 Å². The molecule has 1 unspecified atom stereocenters. The molecular weight excluding hydrogens is 533 g/mol. The van der Waals surface area contributed by atoms with Gasteiger partial charge >= 0.3 is 6.18 Å². The van der Waals surface area contributed by atoms with Gasteiger partial charge in [-0.15, -0.1) is 5.10 Å². The average molecular weight is 555 g/mol. The van der Waals surface area contributed by atoms with Gasteiger partial charge in [0.25, 0.3) is 5.91 Å². The van der Waals surface area contributed by atoms with E-state index in [1.54, 1.807) is 57.2 Å². The standard InChI is InChI=1S/C27H22ClF3N6O2/c1-15(25-35-17(3)36-37(25)24-9-8-18(13-32)14-33-24)34-26(38)19-10-20(27(29,30)31)12-21(11-19)39-16(2)22-6-4-5-7-23(22)28/h4-12,14-16H,1-3H3,(H,34,38)/t15-,16?/m0/s1. The van der Waals surface area contributed by atoms with Crippen molar-refractivity contribution < 1.29 is 22.7 Å². The maximum Gasteiger partial charge on any atom is 0.416 e. The highest BCUT2D eigenvalue weighted by molar-refractivity contribution is 6.31. The molecule has 0 saturated heterocycles. The minimum absolute atomic E-state index is 0.143. The van der Waals surface area contributed by atoms with E-state index in [4.69, 9.17) is 21.6 Å². The number of ether oxygens (including phenoxy) is 1. The van der Waals surface area contributed by atoms with Crippen LogP contribution in [0.4, 0.5) is 13.2 Å². The van der Waals surface area contributed by atoms with E-state index in [9.17, 15) is 18.0 Å². The molecule has 0 radical (unpaired) electrons. The summed E-state index contributed by atoms with van der Waals surface area (Å²) in [6.07, 6.45) is -4.03. The van der Waals surface area contributed by atoms with Crippen LogP contribution >= 0.6 is 11.6 Å². The molecule has 1 amide bonds. The first-order valence-electron chi connectivity index (χ1n) is 11.7. The third kappa shape index (κ3) is 6.35. The number of carbonyl (C=O) groups excluding carboxylic acids is 1. The van der Waals surface area contributed by atoms with Crippen molar-refractivity contribution in [2.75, 3.05) is 0 Å². The molecular formula is C27H22ClF3N6O2. The fourth-order valence-electron chi connectivity index (χ4n) is 3.84. The van der Waals surface area contributed by atoms with E-state index in [0.717, 1.165) is 12.1 Å². The Balaban J connectivity index is 1.61. The molecule has 4 rings (SSSR count). The number of benzene rings is 2. The molecule has 2 aromatic heterocycles. The van der Waals surface area contributed by atoms with E-state index < -0.39 is 29.8 Å². The van der Waals surface area contributed by atoms with Gasteiger partial charge in [-0.1, -0.05) is 29.8 Å². The van der Waals surface area contributed by atoms with Gasteiger partial charge in [0.15, 0.2) is 11.6 Å². The van der Waals surface area contributed by atoms with Gasteiger partial charge in [-0.2, -0.15) is 23.1 Å². The van der Waals surface area contributed by atoms with Crippen molar-refractivity contribution in [3.8, 4) is 17.6 Å². The number of carbonyl (C=O) groups is 1. The van der Waals surface area contributed by atoms with Crippen LogP contribution in [0, 0.1) is 18.3 Å². The van der Waals surface area contributed by atoms with Crippen molar-refractivity contribution in [3.63, 3.8) is 0 Å². The second kappa shape index (κ2) is 11.1. The second-order valence-electron chi connectivity index (χ2n) is 8.67. The van der Waals surface area contributed by atoms with Gasteiger partial charge in [0.1, 0.15) is 23.7 Å². The number of aromatic nitrogens is 4. The molecule has 0 fully saturated rings. The summed E-state index contributed by atoms with van der Waals surface area (Å²) in [6.45, 7) is 4.91. The number of aryl methyl sites for hydroxylation is 1. The van der Waals surface area contributed by atoms with Crippen LogP contribution in [-0.2, 0) is 6.18 Å². The first-order chi connectivity index (χ1) is 18.5. The maximum atomic E-state index is 13.7. The van der Waals surface area contributed by atoms with Gasteiger partial charge in [-0.05, 0) is 57.2 Å². The molecule has 2 atom stereocenters. The Morgan fingerprint density at radius 2 is 1.90 bits per heavy atom. The molecule has 12 heteroatoms. The van der Waals surface area contributed by atoms with Crippen LogP contribution in [0.3, 0.4) is 0 Å². The largest absolute Gasteiger partial charge is 0.486 e. The summed E-state index contributed by atoms with van der Waals surface area (Å²) in [5.74, 6) is 0.128. The summed E-state index contributed by atoms with van der Waals surface area (Å²) >= 11 is 6.20. The van der Waals surface area contributed by atoms with Gasteiger partial charge in [-0.25, -0.2) is 9.97 Å². The monoisotopic (exact) mass is 554 g/mol. The molecule has 2 aromatic carbocycles. The predicted octanol–water partition coefficient (Wildman–Crippen LogP) is 6.15. The first kappa shape index (κ1) is 27.6. The van der Waals surface area contributed by atoms with E-state index in [-0.39, 0.29) is 11.3 Å². The second-order valence-corrected chi connectivity index (χ2v) is 9.07. The number of nitriles is 1.